The zero-order valence-corrected chi connectivity index (χ0v) is 15.3. The largest absolute Gasteiger partial charge is 0.493 e. The lowest BCUT2D eigenvalue weighted by Gasteiger charge is -2.11. The number of ether oxygens (including phenoxy) is 3. The number of amides is 1. The summed E-state index contributed by atoms with van der Waals surface area (Å²) < 4.78 is 15.3. The predicted octanol–water partition coefficient (Wildman–Crippen LogP) is 3.76. The molecule has 0 spiro atoms. The van der Waals surface area contributed by atoms with E-state index in [1.54, 1.807) is 24.3 Å². The van der Waals surface area contributed by atoms with Crippen LogP contribution in [0.3, 0.4) is 0 Å². The van der Waals surface area contributed by atoms with E-state index in [1.165, 1.54) is 20.4 Å². The summed E-state index contributed by atoms with van der Waals surface area (Å²) >= 11 is 0. The lowest BCUT2D eigenvalue weighted by Crippen LogP contribution is -2.16. The molecule has 0 saturated heterocycles. The van der Waals surface area contributed by atoms with Crippen molar-refractivity contribution in [3.63, 3.8) is 0 Å². The van der Waals surface area contributed by atoms with E-state index >= 15 is 0 Å². The molecular formula is C21H18N2O5. The number of carbonyl (C=O) groups is 2. The zero-order valence-electron chi connectivity index (χ0n) is 15.3. The fourth-order valence-corrected chi connectivity index (χ4v) is 2.61. The maximum absolute atomic E-state index is 12.7. The van der Waals surface area contributed by atoms with E-state index in [2.05, 4.69) is 15.3 Å². The highest BCUT2D eigenvalue weighted by atomic mass is 16.6. The van der Waals surface area contributed by atoms with Crippen molar-refractivity contribution in [2.45, 2.75) is 0 Å². The molecule has 0 atom stereocenters. The van der Waals surface area contributed by atoms with E-state index in [-0.39, 0.29) is 5.75 Å². The monoisotopic (exact) mass is 378 g/mol. The standard InChI is InChI=1S/C21H18N2O5/c1-26-19-12-14(13-22-23-21(25)27-2)10-11-18(19)28-20(24)17-9-5-7-15-6-3-4-8-16(15)17/h3-13H,1-2H3,(H,23,25). The molecule has 3 rings (SSSR count). The first-order chi connectivity index (χ1) is 13.6. The van der Waals surface area contributed by atoms with E-state index < -0.39 is 12.1 Å². The first-order valence-electron chi connectivity index (χ1n) is 8.37. The molecule has 28 heavy (non-hydrogen) atoms. The van der Waals surface area contributed by atoms with Crippen molar-refractivity contribution >= 4 is 29.0 Å². The maximum Gasteiger partial charge on any atom is 0.427 e. The van der Waals surface area contributed by atoms with Crippen LogP contribution in [0.2, 0.25) is 0 Å². The highest BCUT2D eigenvalue weighted by Crippen LogP contribution is 2.29. The third kappa shape index (κ3) is 4.27. The minimum Gasteiger partial charge on any atom is -0.493 e. The van der Waals surface area contributed by atoms with Crippen LogP contribution in [0.1, 0.15) is 15.9 Å². The van der Waals surface area contributed by atoms with E-state index in [0.29, 0.717) is 16.9 Å². The molecule has 1 N–H and O–H groups in total. The summed E-state index contributed by atoms with van der Waals surface area (Å²) in [6, 6.07) is 18.0. The lowest BCUT2D eigenvalue weighted by molar-refractivity contribution is 0.0731. The second kappa shape index (κ2) is 8.68. The van der Waals surface area contributed by atoms with Crippen LogP contribution < -0.4 is 14.9 Å². The van der Waals surface area contributed by atoms with Crippen LogP contribution in [-0.2, 0) is 4.74 Å². The number of hydrogen-bond donors (Lipinski definition) is 1. The lowest BCUT2D eigenvalue weighted by atomic mass is 10.0. The second-order valence-electron chi connectivity index (χ2n) is 5.69. The van der Waals surface area contributed by atoms with Crippen LogP contribution >= 0.6 is 0 Å². The van der Waals surface area contributed by atoms with Gasteiger partial charge in [0.25, 0.3) is 0 Å². The number of hydrazone groups is 1. The molecule has 0 heterocycles. The number of methoxy groups -OCH3 is 2. The highest BCUT2D eigenvalue weighted by molar-refractivity contribution is 6.05. The molecule has 3 aromatic carbocycles. The molecule has 3 aromatic rings. The summed E-state index contributed by atoms with van der Waals surface area (Å²) in [6.45, 7) is 0. The molecule has 0 saturated carbocycles. The Morgan fingerprint density at radius 1 is 0.964 bits per heavy atom. The van der Waals surface area contributed by atoms with Gasteiger partial charge in [-0.2, -0.15) is 5.10 Å². The fourth-order valence-electron chi connectivity index (χ4n) is 2.61. The second-order valence-corrected chi connectivity index (χ2v) is 5.69. The molecule has 1 amide bonds. The Morgan fingerprint density at radius 3 is 2.54 bits per heavy atom. The number of nitrogens with zero attached hydrogens (tertiary/aromatic N) is 1. The third-order valence-electron chi connectivity index (χ3n) is 3.95. The van der Waals surface area contributed by atoms with Gasteiger partial charge < -0.3 is 14.2 Å². The van der Waals surface area contributed by atoms with Crippen molar-refractivity contribution in [1.82, 2.24) is 5.43 Å². The average molecular weight is 378 g/mol. The first kappa shape index (κ1) is 18.9. The van der Waals surface area contributed by atoms with Gasteiger partial charge in [-0.05, 0) is 40.6 Å². The molecular weight excluding hydrogens is 360 g/mol. The van der Waals surface area contributed by atoms with Gasteiger partial charge in [-0.25, -0.2) is 15.0 Å². The number of esters is 1. The number of rotatable bonds is 5. The summed E-state index contributed by atoms with van der Waals surface area (Å²) in [5, 5.41) is 5.51. The molecule has 0 radical (unpaired) electrons. The number of benzene rings is 3. The van der Waals surface area contributed by atoms with E-state index in [0.717, 1.165) is 10.8 Å². The van der Waals surface area contributed by atoms with Crippen molar-refractivity contribution in [2.75, 3.05) is 14.2 Å². The van der Waals surface area contributed by atoms with Crippen LogP contribution in [-0.4, -0.2) is 32.5 Å². The molecule has 7 heteroatoms. The zero-order chi connectivity index (χ0) is 19.9. The first-order valence-corrected chi connectivity index (χ1v) is 8.37. The van der Waals surface area contributed by atoms with Crippen molar-refractivity contribution in [2.24, 2.45) is 5.10 Å². The average Bonchev–Trinajstić information content (AvgIpc) is 2.73. The Kier molecular flexibility index (Phi) is 5.86. The van der Waals surface area contributed by atoms with Crippen molar-refractivity contribution in [3.8, 4) is 11.5 Å². The van der Waals surface area contributed by atoms with E-state index in [1.807, 2.05) is 36.4 Å². The predicted molar refractivity (Wildman–Crippen MR) is 105 cm³/mol. The molecule has 0 bridgehead atoms. The van der Waals surface area contributed by atoms with Crippen molar-refractivity contribution in [1.29, 1.82) is 0 Å². The van der Waals surface area contributed by atoms with Gasteiger partial charge in [0, 0.05) is 0 Å². The third-order valence-corrected chi connectivity index (χ3v) is 3.95. The Labute approximate surface area is 161 Å². The molecule has 0 aliphatic carbocycles. The van der Waals surface area contributed by atoms with Gasteiger partial charge in [-0.1, -0.05) is 36.4 Å². The smallest absolute Gasteiger partial charge is 0.427 e. The number of hydrogen-bond acceptors (Lipinski definition) is 6. The van der Waals surface area contributed by atoms with Gasteiger partial charge in [0.15, 0.2) is 11.5 Å². The van der Waals surface area contributed by atoms with Gasteiger partial charge in [0.2, 0.25) is 0 Å². The van der Waals surface area contributed by atoms with Crippen LogP contribution in [0.25, 0.3) is 10.8 Å². The SMILES string of the molecule is COC(=O)NN=Cc1ccc(OC(=O)c2cccc3ccccc23)c(OC)c1. The number of fused-ring (bicyclic) bond motifs is 1. The molecule has 142 valence electrons. The minimum atomic E-state index is -0.677. The molecule has 0 unspecified atom stereocenters. The normalized spacial score (nSPS) is 10.6. The number of carbonyl (C=O) groups excluding carboxylic acids is 2. The van der Waals surface area contributed by atoms with Gasteiger partial charge >= 0.3 is 12.1 Å². The minimum absolute atomic E-state index is 0.276. The fraction of sp³-hybridized carbons (Fsp3) is 0.0952. The van der Waals surface area contributed by atoms with Crippen LogP contribution in [0.15, 0.2) is 65.8 Å². The summed E-state index contributed by atoms with van der Waals surface area (Å²) in [7, 11) is 2.71. The summed E-state index contributed by atoms with van der Waals surface area (Å²) in [6.07, 6.45) is 0.735. The number of nitrogens with one attached hydrogen (secondary N) is 1. The molecule has 7 nitrogen and oxygen atoms in total. The van der Waals surface area contributed by atoms with Gasteiger partial charge in [-0.15, -0.1) is 0 Å². The quantitative estimate of drug-likeness (QED) is 0.316. The van der Waals surface area contributed by atoms with Crippen LogP contribution in [0.5, 0.6) is 11.5 Å². The van der Waals surface area contributed by atoms with Gasteiger partial charge in [-0.3, -0.25) is 0 Å². The highest BCUT2D eigenvalue weighted by Gasteiger charge is 2.15. The molecule has 0 aliphatic rings. The van der Waals surface area contributed by atoms with E-state index in [9.17, 15) is 9.59 Å². The van der Waals surface area contributed by atoms with Crippen molar-refractivity contribution in [3.05, 3.63) is 71.8 Å². The Hall–Kier alpha value is -3.87. The van der Waals surface area contributed by atoms with Gasteiger partial charge in [0.1, 0.15) is 0 Å². The summed E-state index contributed by atoms with van der Waals surface area (Å²) in [4.78, 5) is 23.7. The van der Waals surface area contributed by atoms with Gasteiger partial charge in [0.05, 0.1) is 26.0 Å². The maximum atomic E-state index is 12.7. The topological polar surface area (TPSA) is 86.2 Å². The Morgan fingerprint density at radius 2 is 1.75 bits per heavy atom. The molecule has 0 fully saturated rings. The summed E-state index contributed by atoms with van der Waals surface area (Å²) in [5.41, 5.74) is 3.29. The molecule has 0 aliphatic heterocycles. The Bertz CT molecular complexity index is 1040. The summed E-state index contributed by atoms with van der Waals surface area (Å²) in [5.74, 6) is 0.151. The van der Waals surface area contributed by atoms with Crippen LogP contribution in [0.4, 0.5) is 4.79 Å². The molecule has 0 aromatic heterocycles. The Balaban J connectivity index is 1.81. The van der Waals surface area contributed by atoms with Crippen LogP contribution in [0, 0.1) is 0 Å². The van der Waals surface area contributed by atoms with Crippen molar-refractivity contribution < 1.29 is 23.8 Å². The van der Waals surface area contributed by atoms with E-state index in [4.69, 9.17) is 9.47 Å².